The molecule has 8 nitrogen and oxygen atoms in total. The van der Waals surface area contributed by atoms with Gasteiger partial charge in [0, 0.05) is 32.1 Å². The Morgan fingerprint density at radius 1 is 0.886 bits per heavy atom. The number of anilines is 1. The van der Waals surface area contributed by atoms with Crippen LogP contribution in [0.15, 0.2) is 65.7 Å². The summed E-state index contributed by atoms with van der Waals surface area (Å²) in [5.74, 6) is 2.11. The molecule has 2 aliphatic rings. The van der Waals surface area contributed by atoms with Crippen LogP contribution in [0, 0.1) is 6.92 Å². The normalized spacial score (nSPS) is 17.6. The van der Waals surface area contributed by atoms with Crippen LogP contribution in [-0.2, 0) is 10.0 Å². The molecule has 35 heavy (non-hydrogen) atoms. The Hall–Kier alpha value is -3.30. The highest BCUT2D eigenvalue weighted by Gasteiger charge is 2.31. The van der Waals surface area contributed by atoms with Gasteiger partial charge in [0.15, 0.2) is 5.65 Å². The summed E-state index contributed by atoms with van der Waals surface area (Å²) in [7, 11) is -3.52. The van der Waals surface area contributed by atoms with Gasteiger partial charge in [0.2, 0.25) is 10.0 Å². The lowest BCUT2D eigenvalue weighted by Gasteiger charge is -2.23. The van der Waals surface area contributed by atoms with Crippen molar-refractivity contribution in [3.05, 3.63) is 72.2 Å². The van der Waals surface area contributed by atoms with Crippen LogP contribution in [0.1, 0.15) is 36.6 Å². The molecule has 4 aromatic rings. The fourth-order valence-corrected chi connectivity index (χ4v) is 6.13. The average Bonchev–Trinajstić information content (AvgIpc) is 3.68. The molecule has 180 valence electrons. The first-order valence-corrected chi connectivity index (χ1v) is 13.6. The van der Waals surface area contributed by atoms with E-state index in [0.717, 1.165) is 54.2 Å². The minimum absolute atomic E-state index is 0.341. The second kappa shape index (κ2) is 8.73. The number of fused-ring (bicyclic) bond motifs is 1. The smallest absolute Gasteiger partial charge is 0.243 e. The highest BCUT2D eigenvalue weighted by atomic mass is 32.2. The van der Waals surface area contributed by atoms with Gasteiger partial charge in [-0.1, -0.05) is 35.9 Å². The van der Waals surface area contributed by atoms with Crippen molar-refractivity contribution in [1.82, 2.24) is 24.1 Å². The van der Waals surface area contributed by atoms with E-state index in [-0.39, 0.29) is 0 Å². The molecule has 0 amide bonds. The predicted molar refractivity (Wildman–Crippen MR) is 135 cm³/mol. The average molecular weight is 489 g/mol. The summed E-state index contributed by atoms with van der Waals surface area (Å²) in [6.07, 6.45) is 4.77. The molecule has 1 aliphatic heterocycles. The number of aromatic nitrogens is 4. The SMILES string of the molecule is Cc1ccc(-n2ncc3c(N4CCCN(S(=O)(=O)c5ccccc5)CC4)nc(C4CC4)nc32)cc1. The van der Waals surface area contributed by atoms with E-state index in [9.17, 15) is 8.42 Å². The number of aryl methyl sites for hydroxylation is 1. The molecule has 2 aromatic carbocycles. The van der Waals surface area contributed by atoms with E-state index in [4.69, 9.17) is 9.97 Å². The summed E-state index contributed by atoms with van der Waals surface area (Å²) in [5.41, 5.74) is 2.96. The number of hydrogen-bond acceptors (Lipinski definition) is 6. The summed E-state index contributed by atoms with van der Waals surface area (Å²) in [6.45, 7) is 4.26. The lowest BCUT2D eigenvalue weighted by atomic mass is 10.2. The number of hydrogen-bond donors (Lipinski definition) is 0. The fraction of sp³-hybridized carbons (Fsp3) is 0.346. The van der Waals surface area contributed by atoms with E-state index in [1.54, 1.807) is 28.6 Å². The maximum atomic E-state index is 13.2. The summed E-state index contributed by atoms with van der Waals surface area (Å²) >= 11 is 0. The Balaban J connectivity index is 1.35. The van der Waals surface area contributed by atoms with Crippen molar-refractivity contribution >= 4 is 26.9 Å². The maximum absolute atomic E-state index is 13.2. The molecule has 0 radical (unpaired) electrons. The number of benzene rings is 2. The highest BCUT2D eigenvalue weighted by molar-refractivity contribution is 7.89. The number of sulfonamides is 1. The molecule has 0 N–H and O–H groups in total. The van der Waals surface area contributed by atoms with Crippen molar-refractivity contribution in [2.45, 2.75) is 37.0 Å². The van der Waals surface area contributed by atoms with Crippen LogP contribution in [0.25, 0.3) is 16.7 Å². The Kier molecular flexibility index (Phi) is 5.53. The molecular weight excluding hydrogens is 460 g/mol. The largest absolute Gasteiger partial charge is 0.355 e. The molecule has 1 saturated heterocycles. The molecule has 9 heteroatoms. The third-order valence-electron chi connectivity index (χ3n) is 6.78. The van der Waals surface area contributed by atoms with Crippen LogP contribution >= 0.6 is 0 Å². The van der Waals surface area contributed by atoms with Crippen molar-refractivity contribution in [2.24, 2.45) is 0 Å². The Morgan fingerprint density at radius 2 is 1.66 bits per heavy atom. The van der Waals surface area contributed by atoms with Gasteiger partial charge in [0.05, 0.1) is 22.2 Å². The van der Waals surface area contributed by atoms with Crippen LogP contribution in [0.4, 0.5) is 5.82 Å². The summed E-state index contributed by atoms with van der Waals surface area (Å²) < 4.78 is 29.9. The third-order valence-corrected chi connectivity index (χ3v) is 8.69. The van der Waals surface area contributed by atoms with E-state index < -0.39 is 10.0 Å². The molecule has 1 saturated carbocycles. The molecule has 0 unspecified atom stereocenters. The highest BCUT2D eigenvalue weighted by Crippen LogP contribution is 2.40. The number of rotatable bonds is 5. The molecular formula is C26H28N6O2S. The molecule has 2 aromatic heterocycles. The van der Waals surface area contributed by atoms with Gasteiger partial charge in [-0.05, 0) is 50.5 Å². The minimum Gasteiger partial charge on any atom is -0.355 e. The topological polar surface area (TPSA) is 84.2 Å². The van der Waals surface area contributed by atoms with Gasteiger partial charge in [-0.25, -0.2) is 23.1 Å². The zero-order valence-electron chi connectivity index (χ0n) is 19.7. The van der Waals surface area contributed by atoms with Crippen molar-refractivity contribution in [3.63, 3.8) is 0 Å². The first-order chi connectivity index (χ1) is 17.0. The molecule has 0 bridgehead atoms. The molecule has 1 aliphatic carbocycles. The van der Waals surface area contributed by atoms with E-state index in [1.165, 1.54) is 5.56 Å². The van der Waals surface area contributed by atoms with Crippen LogP contribution in [0.5, 0.6) is 0 Å². The quantitative estimate of drug-likeness (QED) is 0.424. The van der Waals surface area contributed by atoms with Gasteiger partial charge in [-0.15, -0.1) is 0 Å². The molecule has 3 heterocycles. The lowest BCUT2D eigenvalue weighted by Crippen LogP contribution is -2.35. The Bertz CT molecular complexity index is 1460. The van der Waals surface area contributed by atoms with Gasteiger partial charge >= 0.3 is 0 Å². The van der Waals surface area contributed by atoms with Gasteiger partial charge < -0.3 is 4.90 Å². The minimum atomic E-state index is -3.52. The monoisotopic (exact) mass is 488 g/mol. The van der Waals surface area contributed by atoms with Crippen LogP contribution in [0.2, 0.25) is 0 Å². The second-order valence-electron chi connectivity index (χ2n) is 9.37. The van der Waals surface area contributed by atoms with Crippen molar-refractivity contribution in [3.8, 4) is 5.69 Å². The van der Waals surface area contributed by atoms with E-state index >= 15 is 0 Å². The third kappa shape index (κ3) is 4.19. The molecule has 2 fully saturated rings. The van der Waals surface area contributed by atoms with Gasteiger partial charge in [0.1, 0.15) is 11.6 Å². The fourth-order valence-electron chi connectivity index (χ4n) is 4.64. The van der Waals surface area contributed by atoms with E-state index in [0.29, 0.717) is 30.4 Å². The zero-order valence-corrected chi connectivity index (χ0v) is 20.5. The summed E-state index contributed by atoms with van der Waals surface area (Å²) in [4.78, 5) is 12.5. The predicted octanol–water partition coefficient (Wildman–Crippen LogP) is 3.90. The van der Waals surface area contributed by atoms with Crippen LogP contribution in [-0.4, -0.2) is 58.7 Å². The van der Waals surface area contributed by atoms with Crippen molar-refractivity contribution < 1.29 is 8.42 Å². The molecule has 0 spiro atoms. The van der Waals surface area contributed by atoms with E-state index in [2.05, 4.69) is 41.2 Å². The zero-order chi connectivity index (χ0) is 24.0. The Labute approximate surface area is 205 Å². The summed E-state index contributed by atoms with van der Waals surface area (Å²) in [6, 6.07) is 16.9. The van der Waals surface area contributed by atoms with Crippen molar-refractivity contribution in [1.29, 1.82) is 0 Å². The second-order valence-corrected chi connectivity index (χ2v) is 11.3. The van der Waals surface area contributed by atoms with Crippen molar-refractivity contribution in [2.75, 3.05) is 31.1 Å². The maximum Gasteiger partial charge on any atom is 0.243 e. The number of nitrogens with zero attached hydrogens (tertiary/aromatic N) is 6. The first-order valence-electron chi connectivity index (χ1n) is 12.1. The van der Waals surface area contributed by atoms with E-state index in [1.807, 2.05) is 16.9 Å². The van der Waals surface area contributed by atoms with Crippen LogP contribution < -0.4 is 4.90 Å². The van der Waals surface area contributed by atoms with Gasteiger partial charge in [-0.2, -0.15) is 9.40 Å². The molecule has 6 rings (SSSR count). The first kappa shape index (κ1) is 22.2. The van der Waals surface area contributed by atoms with Gasteiger partial charge in [-0.3, -0.25) is 0 Å². The molecule has 0 atom stereocenters. The standard InChI is InChI=1S/C26H28N6O2S/c1-19-8-12-21(13-9-19)32-26-23(18-27-32)25(28-24(29-26)20-10-11-20)30-14-5-15-31(17-16-30)35(33,34)22-6-3-2-4-7-22/h2-4,6-9,12-13,18,20H,5,10-11,14-17H2,1H3. The Morgan fingerprint density at radius 3 is 2.40 bits per heavy atom. The van der Waals surface area contributed by atoms with Crippen LogP contribution in [0.3, 0.4) is 0 Å². The van der Waals surface area contributed by atoms with Gasteiger partial charge in [0.25, 0.3) is 0 Å². The summed E-state index contributed by atoms with van der Waals surface area (Å²) in [5, 5.41) is 5.57. The lowest BCUT2D eigenvalue weighted by molar-refractivity contribution is 0.433.